The average molecular weight is 356 g/mol. The lowest BCUT2D eigenvalue weighted by molar-refractivity contribution is -0.115. The van der Waals surface area contributed by atoms with Gasteiger partial charge in [0.1, 0.15) is 0 Å². The molecule has 3 nitrogen and oxygen atoms in total. The van der Waals surface area contributed by atoms with E-state index in [1.165, 1.54) is 18.6 Å². The number of halogens is 2. The van der Waals surface area contributed by atoms with Gasteiger partial charge >= 0.3 is 0 Å². The van der Waals surface area contributed by atoms with Crippen molar-refractivity contribution in [1.29, 1.82) is 0 Å². The minimum Gasteiger partial charge on any atom is -0.388 e. The Hall–Kier alpha value is -2.69. The number of benzene rings is 2. The van der Waals surface area contributed by atoms with Crippen LogP contribution in [0, 0.1) is 17.6 Å². The molecule has 0 unspecified atom stereocenters. The molecule has 0 spiro atoms. The molecule has 0 aliphatic heterocycles. The molecule has 1 aliphatic carbocycles. The number of amides is 1. The van der Waals surface area contributed by atoms with Gasteiger partial charge in [0.25, 0.3) is 5.91 Å². The summed E-state index contributed by atoms with van der Waals surface area (Å²) < 4.78 is 27.7. The molecule has 2 N–H and O–H groups in total. The van der Waals surface area contributed by atoms with Crippen molar-refractivity contribution in [3.8, 4) is 11.1 Å². The van der Waals surface area contributed by atoms with Gasteiger partial charge in [0.15, 0.2) is 11.6 Å². The minimum atomic E-state index is -0.907. The molecule has 5 heteroatoms. The quantitative estimate of drug-likeness (QED) is 0.743. The minimum absolute atomic E-state index is 0.150. The number of anilines is 1. The summed E-state index contributed by atoms with van der Waals surface area (Å²) in [6, 6.07) is 9.13. The van der Waals surface area contributed by atoms with Crippen LogP contribution in [0.25, 0.3) is 16.7 Å². The van der Waals surface area contributed by atoms with Gasteiger partial charge in [-0.25, -0.2) is 8.78 Å². The van der Waals surface area contributed by atoms with E-state index >= 15 is 0 Å². The topological polar surface area (TPSA) is 41.1 Å². The van der Waals surface area contributed by atoms with E-state index in [0.717, 1.165) is 18.9 Å². The molecule has 0 radical (unpaired) electrons. The van der Waals surface area contributed by atoms with E-state index in [-0.39, 0.29) is 11.5 Å². The number of hydrogen-bond acceptors (Lipinski definition) is 2. The number of hydrogen-bond donors (Lipinski definition) is 2. The summed E-state index contributed by atoms with van der Waals surface area (Å²) in [5.41, 5.74) is 2.21. The molecule has 2 aromatic rings. The lowest BCUT2D eigenvalue weighted by atomic mass is 9.85. The molecule has 136 valence electrons. The van der Waals surface area contributed by atoms with Crippen LogP contribution < -0.4 is 10.6 Å². The van der Waals surface area contributed by atoms with Gasteiger partial charge in [-0.1, -0.05) is 31.2 Å². The highest BCUT2D eigenvalue weighted by Gasteiger charge is 2.20. The van der Waals surface area contributed by atoms with Crippen LogP contribution in [-0.4, -0.2) is 19.5 Å². The maximum absolute atomic E-state index is 14.1. The van der Waals surface area contributed by atoms with Gasteiger partial charge in [0.2, 0.25) is 0 Å². The average Bonchev–Trinajstić information content (AvgIpc) is 2.61. The summed E-state index contributed by atoms with van der Waals surface area (Å²) in [7, 11) is 1.74. The second-order valence-corrected chi connectivity index (χ2v) is 6.60. The SMILES string of the molecule is C=C(C(=O)NCC1CCC1)c1cc(-c2cccc(F)c2F)ccc1NC. The Balaban J connectivity index is 1.88. The molecule has 1 fully saturated rings. The fraction of sp³-hybridized carbons (Fsp3) is 0.286. The van der Waals surface area contributed by atoms with Gasteiger partial charge in [-0.05, 0) is 42.5 Å². The number of carbonyl (C=O) groups excluding carboxylic acids is 1. The summed E-state index contributed by atoms with van der Waals surface area (Å²) in [4.78, 5) is 12.5. The summed E-state index contributed by atoms with van der Waals surface area (Å²) in [6.07, 6.45) is 3.50. The van der Waals surface area contributed by atoms with Gasteiger partial charge in [-0.3, -0.25) is 4.79 Å². The largest absolute Gasteiger partial charge is 0.388 e. The van der Waals surface area contributed by atoms with Crippen molar-refractivity contribution >= 4 is 17.2 Å². The highest BCUT2D eigenvalue weighted by molar-refractivity contribution is 6.20. The van der Waals surface area contributed by atoms with E-state index < -0.39 is 11.6 Å². The third-order valence-corrected chi connectivity index (χ3v) is 4.93. The summed E-state index contributed by atoms with van der Waals surface area (Å²) in [5, 5.41) is 5.93. The van der Waals surface area contributed by atoms with Crippen molar-refractivity contribution in [2.75, 3.05) is 18.9 Å². The predicted molar refractivity (Wildman–Crippen MR) is 101 cm³/mol. The summed E-state index contributed by atoms with van der Waals surface area (Å²) in [6.45, 7) is 4.55. The Morgan fingerprint density at radius 3 is 2.65 bits per heavy atom. The second-order valence-electron chi connectivity index (χ2n) is 6.60. The molecule has 0 aromatic heterocycles. The molecule has 1 aliphatic rings. The van der Waals surface area contributed by atoms with E-state index in [4.69, 9.17) is 0 Å². The zero-order valence-corrected chi connectivity index (χ0v) is 14.7. The first-order valence-corrected chi connectivity index (χ1v) is 8.75. The van der Waals surface area contributed by atoms with Crippen molar-refractivity contribution in [2.45, 2.75) is 19.3 Å². The molecular formula is C21H22F2N2O. The Bertz CT molecular complexity index is 844. The molecule has 1 saturated carbocycles. The van der Waals surface area contributed by atoms with Gasteiger partial charge in [0.05, 0.1) is 0 Å². The lowest BCUT2D eigenvalue weighted by Crippen LogP contribution is -2.32. The van der Waals surface area contributed by atoms with E-state index in [2.05, 4.69) is 17.2 Å². The third-order valence-electron chi connectivity index (χ3n) is 4.93. The third kappa shape index (κ3) is 3.62. The van der Waals surface area contributed by atoms with E-state index in [1.807, 2.05) is 0 Å². The van der Waals surface area contributed by atoms with Crippen LogP contribution in [0.1, 0.15) is 24.8 Å². The fourth-order valence-electron chi connectivity index (χ4n) is 3.07. The molecule has 26 heavy (non-hydrogen) atoms. The van der Waals surface area contributed by atoms with Crippen LogP contribution in [0.3, 0.4) is 0 Å². The molecule has 3 rings (SSSR count). The van der Waals surface area contributed by atoms with Crippen molar-refractivity contribution in [3.05, 3.63) is 60.2 Å². The normalized spacial score (nSPS) is 13.8. The van der Waals surface area contributed by atoms with Crippen LogP contribution in [0.2, 0.25) is 0 Å². The van der Waals surface area contributed by atoms with Crippen LogP contribution in [0.5, 0.6) is 0 Å². The molecule has 0 atom stereocenters. The van der Waals surface area contributed by atoms with Crippen LogP contribution >= 0.6 is 0 Å². The summed E-state index contributed by atoms with van der Waals surface area (Å²) >= 11 is 0. The first kappa shape index (κ1) is 18.1. The number of nitrogens with one attached hydrogen (secondary N) is 2. The highest BCUT2D eigenvalue weighted by atomic mass is 19.2. The monoisotopic (exact) mass is 356 g/mol. The van der Waals surface area contributed by atoms with Crippen LogP contribution in [0.4, 0.5) is 14.5 Å². The molecule has 0 bridgehead atoms. The molecule has 1 amide bonds. The van der Waals surface area contributed by atoms with Crippen molar-refractivity contribution < 1.29 is 13.6 Å². The maximum Gasteiger partial charge on any atom is 0.251 e. The first-order chi connectivity index (χ1) is 12.5. The van der Waals surface area contributed by atoms with Crippen molar-refractivity contribution in [3.63, 3.8) is 0 Å². The highest BCUT2D eigenvalue weighted by Crippen LogP contribution is 2.31. The predicted octanol–water partition coefficient (Wildman–Crippen LogP) is 4.60. The fourth-order valence-corrected chi connectivity index (χ4v) is 3.07. The molecule has 0 saturated heterocycles. The zero-order chi connectivity index (χ0) is 18.7. The Morgan fingerprint density at radius 2 is 2.00 bits per heavy atom. The number of rotatable bonds is 6. The van der Waals surface area contributed by atoms with Crippen LogP contribution in [0.15, 0.2) is 43.0 Å². The summed E-state index contributed by atoms with van der Waals surface area (Å²) in [5.74, 6) is -1.51. The van der Waals surface area contributed by atoms with Crippen molar-refractivity contribution in [1.82, 2.24) is 5.32 Å². The molecular weight excluding hydrogens is 334 g/mol. The van der Waals surface area contributed by atoms with E-state index in [9.17, 15) is 13.6 Å². The van der Waals surface area contributed by atoms with Crippen LogP contribution in [-0.2, 0) is 4.79 Å². The van der Waals surface area contributed by atoms with E-state index in [0.29, 0.717) is 34.9 Å². The Morgan fingerprint density at radius 1 is 1.23 bits per heavy atom. The maximum atomic E-state index is 14.1. The van der Waals surface area contributed by atoms with Gasteiger partial charge in [0, 0.05) is 36.0 Å². The smallest absolute Gasteiger partial charge is 0.251 e. The Labute approximate surface area is 152 Å². The standard InChI is InChI=1S/C21H22F2N2O/c1-13(21(26)25-12-14-5-3-6-14)17-11-15(9-10-19(17)24-2)16-7-4-8-18(22)20(16)23/h4,7-11,14,24H,1,3,5-6,12H2,2H3,(H,25,26). The number of carbonyl (C=O) groups is 1. The molecule has 0 heterocycles. The molecule has 2 aromatic carbocycles. The zero-order valence-electron chi connectivity index (χ0n) is 14.7. The van der Waals surface area contributed by atoms with E-state index in [1.54, 1.807) is 25.2 Å². The van der Waals surface area contributed by atoms with Gasteiger partial charge in [-0.2, -0.15) is 0 Å². The van der Waals surface area contributed by atoms with Crippen molar-refractivity contribution in [2.24, 2.45) is 5.92 Å². The second kappa shape index (κ2) is 7.68. The van der Waals surface area contributed by atoms with Gasteiger partial charge < -0.3 is 10.6 Å². The first-order valence-electron chi connectivity index (χ1n) is 8.75. The lowest BCUT2D eigenvalue weighted by Gasteiger charge is -2.25. The Kier molecular flexibility index (Phi) is 5.35. The van der Waals surface area contributed by atoms with Gasteiger partial charge in [-0.15, -0.1) is 0 Å².